The molecule has 0 saturated heterocycles. The number of hydrogen-bond acceptors (Lipinski definition) is 2. The van der Waals surface area contributed by atoms with Gasteiger partial charge in [-0.2, -0.15) is 0 Å². The van der Waals surface area contributed by atoms with Gasteiger partial charge in [-0.1, -0.05) is 6.92 Å². The van der Waals surface area contributed by atoms with E-state index in [9.17, 15) is 4.79 Å². The molecule has 0 bridgehead atoms. The van der Waals surface area contributed by atoms with Crippen molar-refractivity contribution < 1.29 is 9.53 Å². The topological polar surface area (TPSA) is 26.3 Å². The number of rotatable bonds is 2. The minimum atomic E-state index is -0.162. The van der Waals surface area contributed by atoms with Crippen molar-refractivity contribution in [2.75, 3.05) is 0 Å². The highest BCUT2D eigenvalue weighted by Crippen LogP contribution is 2.52. The third-order valence-electron chi connectivity index (χ3n) is 2.47. The van der Waals surface area contributed by atoms with Crippen LogP contribution in [0, 0.1) is 11.3 Å². The van der Waals surface area contributed by atoms with E-state index >= 15 is 0 Å². The van der Waals surface area contributed by atoms with Gasteiger partial charge in [0, 0.05) is 0 Å². The van der Waals surface area contributed by atoms with E-state index < -0.39 is 0 Å². The van der Waals surface area contributed by atoms with Crippen LogP contribution in [0.1, 0.15) is 34.1 Å². The molecule has 0 N–H and O–H groups in total. The molecule has 11 heavy (non-hydrogen) atoms. The molecule has 0 aromatic carbocycles. The van der Waals surface area contributed by atoms with Crippen LogP contribution in [0.3, 0.4) is 0 Å². The summed E-state index contributed by atoms with van der Waals surface area (Å²) in [4.78, 5) is 11.3. The summed E-state index contributed by atoms with van der Waals surface area (Å²) in [6, 6.07) is 0. The maximum atomic E-state index is 11.3. The van der Waals surface area contributed by atoms with Gasteiger partial charge in [0.2, 0.25) is 0 Å². The summed E-state index contributed by atoms with van der Waals surface area (Å²) in [6.45, 7) is 7.83. The second-order valence-corrected chi connectivity index (χ2v) is 3.98. The zero-order chi connectivity index (χ0) is 8.65. The van der Waals surface area contributed by atoms with Gasteiger partial charge in [-0.05, 0) is 33.1 Å². The summed E-state index contributed by atoms with van der Waals surface area (Å²) in [5.74, 6) is 0.480. The first-order valence-corrected chi connectivity index (χ1v) is 4.18. The quantitative estimate of drug-likeness (QED) is 0.571. The summed E-state index contributed by atoms with van der Waals surface area (Å²) >= 11 is 0. The minimum Gasteiger partial charge on any atom is -0.463 e. The molecular weight excluding hydrogens is 140 g/mol. The van der Waals surface area contributed by atoms with Crippen molar-refractivity contribution in [3.8, 4) is 0 Å². The normalized spacial score (nSPS) is 35.5. The Balaban J connectivity index is 2.43. The Kier molecular flexibility index (Phi) is 1.95. The Morgan fingerprint density at radius 3 is 2.36 bits per heavy atom. The molecule has 0 spiro atoms. The van der Waals surface area contributed by atoms with Crippen molar-refractivity contribution in [3.05, 3.63) is 0 Å². The summed E-state index contributed by atoms with van der Waals surface area (Å²) in [5.41, 5.74) is -0.162. The molecule has 1 aliphatic rings. The molecule has 1 aliphatic carbocycles. The van der Waals surface area contributed by atoms with E-state index in [1.165, 1.54) is 0 Å². The predicted octanol–water partition coefficient (Wildman–Crippen LogP) is 1.98. The van der Waals surface area contributed by atoms with E-state index in [4.69, 9.17) is 4.74 Å². The molecule has 2 heteroatoms. The molecule has 0 aromatic rings. The van der Waals surface area contributed by atoms with Gasteiger partial charge in [0.05, 0.1) is 11.5 Å². The van der Waals surface area contributed by atoms with Crippen LogP contribution in [0.2, 0.25) is 0 Å². The summed E-state index contributed by atoms with van der Waals surface area (Å²) in [5, 5.41) is 0. The zero-order valence-corrected chi connectivity index (χ0v) is 7.68. The second kappa shape index (κ2) is 2.50. The van der Waals surface area contributed by atoms with Gasteiger partial charge in [-0.3, -0.25) is 4.79 Å². The minimum absolute atomic E-state index is 0.0205. The fourth-order valence-corrected chi connectivity index (χ4v) is 1.21. The Morgan fingerprint density at radius 2 is 2.09 bits per heavy atom. The van der Waals surface area contributed by atoms with Crippen LogP contribution < -0.4 is 0 Å². The second-order valence-electron chi connectivity index (χ2n) is 3.98. The van der Waals surface area contributed by atoms with Crippen molar-refractivity contribution in [2.45, 2.75) is 40.2 Å². The Bertz CT molecular complexity index is 174. The number of carbonyl (C=O) groups excluding carboxylic acids is 1. The van der Waals surface area contributed by atoms with Crippen LogP contribution >= 0.6 is 0 Å². The maximum Gasteiger partial charge on any atom is 0.312 e. The molecule has 64 valence electrons. The molecule has 0 radical (unpaired) electrons. The van der Waals surface area contributed by atoms with Crippen LogP contribution in [0.5, 0.6) is 0 Å². The van der Waals surface area contributed by atoms with Crippen molar-refractivity contribution in [2.24, 2.45) is 11.3 Å². The predicted molar refractivity (Wildman–Crippen MR) is 43.1 cm³/mol. The SMILES string of the molecule is CC(C)OC(=O)[C@@]1(C)C[C@H]1C. The molecule has 0 heterocycles. The fourth-order valence-electron chi connectivity index (χ4n) is 1.21. The molecule has 0 aliphatic heterocycles. The summed E-state index contributed by atoms with van der Waals surface area (Å²) < 4.78 is 5.11. The van der Waals surface area contributed by atoms with Crippen LogP contribution in [-0.2, 0) is 9.53 Å². The van der Waals surface area contributed by atoms with E-state index in [-0.39, 0.29) is 17.5 Å². The van der Waals surface area contributed by atoms with Crippen molar-refractivity contribution >= 4 is 5.97 Å². The number of carbonyl (C=O) groups is 1. The van der Waals surface area contributed by atoms with Crippen LogP contribution in [0.25, 0.3) is 0 Å². The number of hydrogen-bond donors (Lipinski definition) is 0. The lowest BCUT2D eigenvalue weighted by molar-refractivity contribution is -0.153. The lowest BCUT2D eigenvalue weighted by atomic mass is 10.1. The van der Waals surface area contributed by atoms with E-state index in [2.05, 4.69) is 6.92 Å². The highest BCUT2D eigenvalue weighted by Gasteiger charge is 2.54. The highest BCUT2D eigenvalue weighted by molar-refractivity contribution is 5.80. The standard InChI is InChI=1S/C9H16O2/c1-6(2)11-8(10)9(4)5-7(9)3/h6-7H,5H2,1-4H3/t7-,9+/m1/s1. The third kappa shape index (κ3) is 1.55. The molecule has 0 amide bonds. The van der Waals surface area contributed by atoms with Gasteiger partial charge in [0.1, 0.15) is 0 Å². The lowest BCUT2D eigenvalue weighted by Crippen LogP contribution is -2.21. The van der Waals surface area contributed by atoms with E-state index in [0.717, 1.165) is 6.42 Å². The van der Waals surface area contributed by atoms with Crippen LogP contribution in [-0.4, -0.2) is 12.1 Å². The van der Waals surface area contributed by atoms with E-state index in [1.807, 2.05) is 20.8 Å². The number of ether oxygens (including phenoxy) is 1. The maximum absolute atomic E-state index is 11.3. The fraction of sp³-hybridized carbons (Fsp3) is 0.889. The highest BCUT2D eigenvalue weighted by atomic mass is 16.5. The van der Waals surface area contributed by atoms with Gasteiger partial charge in [0.15, 0.2) is 0 Å². The Morgan fingerprint density at radius 1 is 1.64 bits per heavy atom. The van der Waals surface area contributed by atoms with Crippen molar-refractivity contribution in [1.82, 2.24) is 0 Å². The molecule has 1 fully saturated rings. The first-order valence-electron chi connectivity index (χ1n) is 4.18. The molecule has 1 saturated carbocycles. The van der Waals surface area contributed by atoms with Crippen molar-refractivity contribution in [1.29, 1.82) is 0 Å². The van der Waals surface area contributed by atoms with Gasteiger partial charge >= 0.3 is 5.97 Å². The Hall–Kier alpha value is -0.530. The first-order chi connectivity index (χ1) is 4.97. The molecule has 1 rings (SSSR count). The average Bonchev–Trinajstić information content (AvgIpc) is 2.40. The van der Waals surface area contributed by atoms with Gasteiger partial charge in [-0.25, -0.2) is 0 Å². The van der Waals surface area contributed by atoms with Crippen molar-refractivity contribution in [3.63, 3.8) is 0 Å². The van der Waals surface area contributed by atoms with Crippen LogP contribution in [0.15, 0.2) is 0 Å². The monoisotopic (exact) mass is 156 g/mol. The lowest BCUT2D eigenvalue weighted by Gasteiger charge is -2.12. The van der Waals surface area contributed by atoms with Gasteiger partial charge in [-0.15, -0.1) is 0 Å². The molecule has 2 atom stereocenters. The largest absolute Gasteiger partial charge is 0.463 e. The molecule has 2 nitrogen and oxygen atoms in total. The summed E-state index contributed by atoms with van der Waals surface area (Å²) in [7, 11) is 0. The van der Waals surface area contributed by atoms with Gasteiger partial charge in [0.25, 0.3) is 0 Å². The third-order valence-corrected chi connectivity index (χ3v) is 2.47. The van der Waals surface area contributed by atoms with E-state index in [1.54, 1.807) is 0 Å². The molecule has 0 aromatic heterocycles. The Labute approximate surface area is 67.9 Å². The molecule has 0 unspecified atom stereocenters. The summed E-state index contributed by atoms with van der Waals surface area (Å²) in [6.07, 6.45) is 1.01. The van der Waals surface area contributed by atoms with Gasteiger partial charge < -0.3 is 4.74 Å². The molecular formula is C9H16O2. The average molecular weight is 156 g/mol. The smallest absolute Gasteiger partial charge is 0.312 e. The first kappa shape index (κ1) is 8.57. The van der Waals surface area contributed by atoms with Crippen LogP contribution in [0.4, 0.5) is 0 Å². The number of esters is 1. The zero-order valence-electron chi connectivity index (χ0n) is 7.68. The van der Waals surface area contributed by atoms with E-state index in [0.29, 0.717) is 5.92 Å².